The summed E-state index contributed by atoms with van der Waals surface area (Å²) in [5.41, 5.74) is 10.1. The third-order valence-corrected chi connectivity index (χ3v) is 11.3. The maximum absolute atomic E-state index is 5.64. The molecule has 1 aliphatic heterocycles. The monoisotopic (exact) mass is 740 g/mol. The number of imidazole rings is 1. The number of fused-ring (bicyclic) bond motifs is 13. The summed E-state index contributed by atoms with van der Waals surface area (Å²) in [6, 6.07) is 68.1. The minimum absolute atomic E-state index is 0.594. The van der Waals surface area contributed by atoms with E-state index in [2.05, 4.69) is 143 Å². The molecule has 0 N–H and O–H groups in total. The lowest BCUT2D eigenvalue weighted by molar-refractivity contribution is 1.05. The average Bonchev–Trinajstić information content (AvgIpc) is 3.62. The summed E-state index contributed by atoms with van der Waals surface area (Å²) >= 11 is 0. The minimum Gasteiger partial charge on any atom is -0.280 e. The van der Waals surface area contributed by atoms with Crippen LogP contribution in [0.2, 0.25) is 0 Å². The number of anilines is 3. The normalized spacial score (nSPS) is 12.1. The molecule has 270 valence electrons. The summed E-state index contributed by atoms with van der Waals surface area (Å²) in [7, 11) is 0. The van der Waals surface area contributed by atoms with Crippen molar-refractivity contribution in [1.29, 1.82) is 0 Å². The summed E-state index contributed by atoms with van der Waals surface area (Å²) < 4.78 is 2.38. The zero-order chi connectivity index (χ0) is 38.2. The van der Waals surface area contributed by atoms with Crippen LogP contribution in [0.5, 0.6) is 0 Å². The molecule has 12 rings (SSSR count). The molecular formula is C52H32N6. The standard InChI is InChI=1S/C52H32N6/c1-3-17-36(18-4-1)49-54-50(37-19-5-2-6-20-37)56-51(55-49)38-21-13-22-39(32-38)57-44-30-27-33-14-7-10-23-40(33)46(44)43-29-26-35-16-9-12-25-42(35)48(43)58-45-31-28-34-15-8-11-24-41(34)47(45)53-52(57)58/h1-32H. The highest BCUT2D eigenvalue weighted by molar-refractivity contribution is 6.14. The fraction of sp³-hybridized carbons (Fsp3) is 0. The topological polar surface area (TPSA) is 59.7 Å². The number of hydrogen-bond donors (Lipinski definition) is 0. The van der Waals surface area contributed by atoms with Crippen LogP contribution in [0.4, 0.5) is 17.3 Å². The van der Waals surface area contributed by atoms with Gasteiger partial charge in [0.2, 0.25) is 5.95 Å². The Morgan fingerprint density at radius 3 is 1.62 bits per heavy atom. The molecule has 0 atom stereocenters. The van der Waals surface area contributed by atoms with Gasteiger partial charge in [-0.1, -0.05) is 170 Å². The lowest BCUT2D eigenvalue weighted by Crippen LogP contribution is -2.14. The van der Waals surface area contributed by atoms with Crippen LogP contribution in [0.1, 0.15) is 0 Å². The second-order valence-corrected chi connectivity index (χ2v) is 14.7. The summed E-state index contributed by atoms with van der Waals surface area (Å²) in [4.78, 5) is 23.1. The smallest absolute Gasteiger partial charge is 0.220 e. The van der Waals surface area contributed by atoms with E-state index in [9.17, 15) is 0 Å². The summed E-state index contributed by atoms with van der Waals surface area (Å²) in [6.07, 6.45) is 0. The fourth-order valence-corrected chi connectivity index (χ4v) is 8.68. The predicted octanol–water partition coefficient (Wildman–Crippen LogP) is 13.1. The molecule has 0 radical (unpaired) electrons. The van der Waals surface area contributed by atoms with Crippen LogP contribution in [0.15, 0.2) is 194 Å². The van der Waals surface area contributed by atoms with Gasteiger partial charge < -0.3 is 0 Å². The van der Waals surface area contributed by atoms with E-state index in [4.69, 9.17) is 19.9 Å². The largest absolute Gasteiger partial charge is 0.280 e. The number of hydrogen-bond acceptors (Lipinski definition) is 5. The van der Waals surface area contributed by atoms with Gasteiger partial charge in [-0.15, -0.1) is 0 Å². The van der Waals surface area contributed by atoms with E-state index in [1.807, 2.05) is 60.7 Å². The van der Waals surface area contributed by atoms with E-state index in [-0.39, 0.29) is 0 Å². The van der Waals surface area contributed by atoms with Crippen molar-refractivity contribution in [3.05, 3.63) is 194 Å². The summed E-state index contributed by atoms with van der Waals surface area (Å²) in [6.45, 7) is 0. The Hall–Kier alpha value is -7.96. The molecule has 9 aromatic carbocycles. The van der Waals surface area contributed by atoms with Crippen molar-refractivity contribution >= 4 is 60.7 Å². The van der Waals surface area contributed by atoms with Crippen LogP contribution in [0.25, 0.3) is 94.3 Å². The van der Waals surface area contributed by atoms with Crippen molar-refractivity contribution in [1.82, 2.24) is 24.5 Å². The van der Waals surface area contributed by atoms with Crippen LogP contribution >= 0.6 is 0 Å². The maximum atomic E-state index is 5.64. The van der Waals surface area contributed by atoms with E-state index in [0.29, 0.717) is 17.5 Å². The average molecular weight is 741 g/mol. The number of rotatable bonds is 4. The molecule has 0 fully saturated rings. The van der Waals surface area contributed by atoms with Gasteiger partial charge in [-0.25, -0.2) is 19.9 Å². The molecule has 0 bridgehead atoms. The first kappa shape index (κ1) is 32.3. The highest BCUT2D eigenvalue weighted by Gasteiger charge is 2.32. The van der Waals surface area contributed by atoms with Gasteiger partial charge in [-0.2, -0.15) is 0 Å². The van der Waals surface area contributed by atoms with Gasteiger partial charge in [-0.05, 0) is 45.8 Å². The van der Waals surface area contributed by atoms with Gasteiger partial charge in [0.05, 0.1) is 22.4 Å². The second kappa shape index (κ2) is 12.8. The molecule has 6 nitrogen and oxygen atoms in total. The molecule has 58 heavy (non-hydrogen) atoms. The van der Waals surface area contributed by atoms with E-state index in [1.54, 1.807) is 0 Å². The van der Waals surface area contributed by atoms with E-state index in [0.717, 1.165) is 78.0 Å². The molecule has 0 aliphatic carbocycles. The van der Waals surface area contributed by atoms with Crippen molar-refractivity contribution in [3.63, 3.8) is 0 Å². The van der Waals surface area contributed by atoms with E-state index in [1.165, 1.54) is 16.2 Å². The minimum atomic E-state index is 0.594. The Labute approximate surface area is 334 Å². The maximum Gasteiger partial charge on any atom is 0.220 e. The Morgan fingerprint density at radius 1 is 0.379 bits per heavy atom. The lowest BCUT2D eigenvalue weighted by Gasteiger charge is -2.25. The van der Waals surface area contributed by atoms with Crippen LogP contribution in [0, 0.1) is 0 Å². The van der Waals surface area contributed by atoms with Crippen molar-refractivity contribution in [3.8, 4) is 51.0 Å². The molecular weight excluding hydrogens is 709 g/mol. The van der Waals surface area contributed by atoms with Crippen LogP contribution < -0.4 is 4.90 Å². The summed E-state index contributed by atoms with van der Waals surface area (Å²) in [5, 5.41) is 6.95. The van der Waals surface area contributed by atoms with Gasteiger partial charge in [0.15, 0.2) is 17.5 Å². The molecule has 0 spiro atoms. The van der Waals surface area contributed by atoms with E-state index < -0.39 is 0 Å². The van der Waals surface area contributed by atoms with Crippen molar-refractivity contribution in [2.75, 3.05) is 4.90 Å². The molecule has 0 saturated carbocycles. The number of benzene rings is 9. The quantitative estimate of drug-likeness (QED) is 0.180. The Bertz CT molecular complexity index is 3350. The van der Waals surface area contributed by atoms with Crippen molar-refractivity contribution < 1.29 is 0 Å². The van der Waals surface area contributed by atoms with Gasteiger partial charge in [0, 0.05) is 44.3 Å². The zero-order valence-corrected chi connectivity index (χ0v) is 31.2. The highest BCUT2D eigenvalue weighted by Crippen LogP contribution is 2.52. The number of nitrogens with zero attached hydrogens (tertiary/aromatic N) is 6. The van der Waals surface area contributed by atoms with Crippen LogP contribution in [-0.4, -0.2) is 24.5 Å². The Morgan fingerprint density at radius 2 is 0.914 bits per heavy atom. The first-order chi connectivity index (χ1) is 28.8. The van der Waals surface area contributed by atoms with Crippen molar-refractivity contribution in [2.45, 2.75) is 0 Å². The van der Waals surface area contributed by atoms with Gasteiger partial charge in [-0.3, -0.25) is 9.47 Å². The van der Waals surface area contributed by atoms with Crippen LogP contribution in [0.3, 0.4) is 0 Å². The third kappa shape index (κ3) is 4.98. The van der Waals surface area contributed by atoms with Crippen LogP contribution in [-0.2, 0) is 0 Å². The fourth-order valence-electron chi connectivity index (χ4n) is 8.68. The van der Waals surface area contributed by atoms with Gasteiger partial charge in [0.25, 0.3) is 0 Å². The molecule has 6 heteroatoms. The zero-order valence-electron chi connectivity index (χ0n) is 31.2. The second-order valence-electron chi connectivity index (χ2n) is 14.7. The summed E-state index contributed by atoms with van der Waals surface area (Å²) in [5.74, 6) is 2.65. The van der Waals surface area contributed by atoms with Gasteiger partial charge >= 0.3 is 0 Å². The Kier molecular flexibility index (Phi) is 7.13. The predicted molar refractivity (Wildman–Crippen MR) is 237 cm³/mol. The Balaban J connectivity index is 1.17. The third-order valence-electron chi connectivity index (χ3n) is 11.3. The van der Waals surface area contributed by atoms with Gasteiger partial charge in [0.1, 0.15) is 0 Å². The highest BCUT2D eigenvalue weighted by atomic mass is 15.3. The lowest BCUT2D eigenvalue weighted by atomic mass is 9.92. The van der Waals surface area contributed by atoms with Crippen molar-refractivity contribution in [2.24, 2.45) is 0 Å². The molecule has 0 saturated heterocycles. The molecule has 0 amide bonds. The molecule has 2 aromatic heterocycles. The molecule has 0 unspecified atom stereocenters. The molecule has 1 aliphatic rings. The number of aromatic nitrogens is 5. The SMILES string of the molecule is c1ccc(-c2nc(-c3ccccc3)nc(-c3cccc(N4c5ccc6ccccc6c5-c5ccc6ccccc6c5-n5c4nc4c6ccccc6ccc45)c3)n2)cc1. The van der Waals surface area contributed by atoms with E-state index >= 15 is 0 Å². The first-order valence-corrected chi connectivity index (χ1v) is 19.5. The first-order valence-electron chi connectivity index (χ1n) is 19.5. The molecule has 11 aromatic rings. The molecule has 3 heterocycles.